The highest BCUT2D eigenvalue weighted by Gasteiger charge is 1.86. The monoisotopic (exact) mass is 128 g/mol. The van der Waals surface area contributed by atoms with Gasteiger partial charge >= 0.3 is 0 Å². The molecule has 0 radical (unpaired) electrons. The van der Waals surface area contributed by atoms with Crippen molar-refractivity contribution in [3.63, 3.8) is 0 Å². The van der Waals surface area contributed by atoms with Gasteiger partial charge in [0.2, 0.25) is 6.41 Å². The summed E-state index contributed by atoms with van der Waals surface area (Å²) < 4.78 is 3.81. The van der Waals surface area contributed by atoms with Gasteiger partial charge in [-0.2, -0.15) is 4.37 Å². The third kappa shape index (κ3) is 1.04. The van der Waals surface area contributed by atoms with Gasteiger partial charge in [-0.05, 0) is 17.6 Å². The molecule has 0 aliphatic rings. The van der Waals surface area contributed by atoms with Crippen molar-refractivity contribution in [2.75, 3.05) is 5.32 Å². The van der Waals surface area contributed by atoms with Crippen LogP contribution in [0.2, 0.25) is 0 Å². The average molecular weight is 128 g/mol. The molecule has 1 amide bonds. The average Bonchev–Trinajstić information content (AvgIpc) is 2.19. The number of amides is 1. The minimum Gasteiger partial charge on any atom is -0.312 e. The summed E-state index contributed by atoms with van der Waals surface area (Å²) >= 11 is 1.31. The van der Waals surface area contributed by atoms with Crippen LogP contribution >= 0.6 is 11.5 Å². The van der Waals surface area contributed by atoms with Crippen molar-refractivity contribution in [2.24, 2.45) is 0 Å². The Hall–Kier alpha value is -0.900. The van der Waals surface area contributed by atoms with Crippen LogP contribution in [0.3, 0.4) is 0 Å². The van der Waals surface area contributed by atoms with E-state index in [1.165, 1.54) is 11.5 Å². The molecule has 0 saturated heterocycles. The molecular weight excluding hydrogens is 124 g/mol. The Labute approximate surface area is 50.5 Å². The van der Waals surface area contributed by atoms with Crippen LogP contribution in [0.25, 0.3) is 0 Å². The van der Waals surface area contributed by atoms with Crippen molar-refractivity contribution >= 4 is 23.8 Å². The molecule has 1 aromatic rings. The van der Waals surface area contributed by atoms with Gasteiger partial charge in [-0.3, -0.25) is 4.79 Å². The Bertz CT molecular complexity index is 161. The molecule has 0 unspecified atom stereocenters. The number of aromatic nitrogens is 1. The lowest BCUT2D eigenvalue weighted by Gasteiger charge is -1.83. The highest BCUT2D eigenvalue weighted by molar-refractivity contribution is 7.03. The minimum absolute atomic E-state index is 0.606. The normalized spacial score (nSPS) is 8.50. The summed E-state index contributed by atoms with van der Waals surface area (Å²) in [5.74, 6) is 0.616. The van der Waals surface area contributed by atoms with E-state index in [4.69, 9.17) is 0 Å². The molecule has 1 rings (SSSR count). The Morgan fingerprint density at radius 2 is 2.75 bits per heavy atom. The van der Waals surface area contributed by atoms with Gasteiger partial charge in [-0.15, -0.1) is 0 Å². The van der Waals surface area contributed by atoms with E-state index in [1.807, 2.05) is 0 Å². The highest BCUT2D eigenvalue weighted by atomic mass is 32.1. The van der Waals surface area contributed by atoms with Crippen LogP contribution < -0.4 is 5.32 Å². The molecule has 3 nitrogen and oxygen atoms in total. The van der Waals surface area contributed by atoms with Gasteiger partial charge < -0.3 is 5.32 Å². The summed E-state index contributed by atoms with van der Waals surface area (Å²) in [6.07, 6.45) is 0.606. The van der Waals surface area contributed by atoms with E-state index in [1.54, 1.807) is 11.4 Å². The van der Waals surface area contributed by atoms with Crippen LogP contribution in [0.15, 0.2) is 11.4 Å². The molecule has 4 heteroatoms. The van der Waals surface area contributed by atoms with Crippen molar-refractivity contribution in [1.82, 2.24) is 4.37 Å². The number of anilines is 1. The van der Waals surface area contributed by atoms with Crippen LogP contribution in [0, 0.1) is 0 Å². The van der Waals surface area contributed by atoms with Gasteiger partial charge in [-0.25, -0.2) is 0 Å². The summed E-state index contributed by atoms with van der Waals surface area (Å²) in [5, 5.41) is 4.20. The number of nitrogens with one attached hydrogen (secondary N) is 1. The fourth-order valence-electron chi connectivity index (χ4n) is 0.347. The lowest BCUT2D eigenvalue weighted by atomic mass is 10.7. The number of nitrogens with zero attached hydrogens (tertiary/aromatic N) is 1. The van der Waals surface area contributed by atoms with Crippen LogP contribution in [0.5, 0.6) is 0 Å². The molecule has 1 N–H and O–H groups in total. The summed E-state index contributed by atoms with van der Waals surface area (Å²) in [6.45, 7) is 0. The van der Waals surface area contributed by atoms with E-state index in [-0.39, 0.29) is 0 Å². The van der Waals surface area contributed by atoms with Crippen molar-refractivity contribution in [3.8, 4) is 0 Å². The predicted octanol–water partition coefficient (Wildman–Crippen LogP) is 0.711. The molecule has 8 heavy (non-hydrogen) atoms. The van der Waals surface area contributed by atoms with Crippen molar-refractivity contribution in [3.05, 3.63) is 11.4 Å². The second-order valence-electron chi connectivity index (χ2n) is 1.15. The molecule has 42 valence electrons. The Morgan fingerprint density at radius 3 is 3.25 bits per heavy atom. The summed E-state index contributed by atoms with van der Waals surface area (Å²) in [5.41, 5.74) is 0. The summed E-state index contributed by atoms with van der Waals surface area (Å²) in [7, 11) is 0. The number of carbonyl (C=O) groups excluding carboxylic acids is 1. The number of rotatable bonds is 2. The van der Waals surface area contributed by atoms with E-state index in [0.717, 1.165) is 0 Å². The molecule has 1 aromatic heterocycles. The molecular formula is C4H4N2OS. The van der Waals surface area contributed by atoms with E-state index < -0.39 is 0 Å². The number of hydrogen-bond donors (Lipinski definition) is 1. The molecule has 0 aromatic carbocycles. The molecule has 0 atom stereocenters. The SMILES string of the molecule is O=CNc1ccsn1. The topological polar surface area (TPSA) is 42.0 Å². The first-order valence-corrected chi connectivity index (χ1v) is 2.87. The van der Waals surface area contributed by atoms with Crippen molar-refractivity contribution < 1.29 is 4.79 Å². The zero-order chi connectivity index (χ0) is 5.82. The number of carbonyl (C=O) groups is 1. The zero-order valence-corrected chi connectivity index (χ0v) is 4.81. The Balaban J connectivity index is 2.62. The van der Waals surface area contributed by atoms with Gasteiger partial charge in [0.1, 0.15) is 5.82 Å². The maximum absolute atomic E-state index is 9.73. The standard InChI is InChI=1S/C4H4N2OS/c7-3-5-4-1-2-8-6-4/h1-3H,(H,5,6,7). The third-order valence-electron chi connectivity index (χ3n) is 0.645. The molecule has 0 aliphatic heterocycles. The molecule has 0 aliphatic carbocycles. The van der Waals surface area contributed by atoms with Crippen LogP contribution in [-0.4, -0.2) is 10.8 Å². The molecule has 0 spiro atoms. The van der Waals surface area contributed by atoms with Crippen molar-refractivity contribution in [1.29, 1.82) is 0 Å². The lowest BCUT2D eigenvalue weighted by molar-refractivity contribution is -0.105. The zero-order valence-electron chi connectivity index (χ0n) is 4.00. The second kappa shape index (κ2) is 2.42. The van der Waals surface area contributed by atoms with Crippen LogP contribution in [-0.2, 0) is 4.79 Å². The third-order valence-corrected chi connectivity index (χ3v) is 1.20. The molecule has 0 saturated carbocycles. The van der Waals surface area contributed by atoms with Crippen molar-refractivity contribution in [2.45, 2.75) is 0 Å². The van der Waals surface area contributed by atoms with E-state index in [9.17, 15) is 4.79 Å². The molecule has 1 heterocycles. The Kier molecular flexibility index (Phi) is 1.58. The van der Waals surface area contributed by atoms with Crippen LogP contribution in [0.1, 0.15) is 0 Å². The van der Waals surface area contributed by atoms with Crippen LogP contribution in [0.4, 0.5) is 5.82 Å². The van der Waals surface area contributed by atoms with E-state index in [2.05, 4.69) is 9.69 Å². The van der Waals surface area contributed by atoms with Gasteiger partial charge in [-0.1, -0.05) is 0 Å². The first-order chi connectivity index (χ1) is 3.93. The summed E-state index contributed by atoms with van der Waals surface area (Å²) in [4.78, 5) is 9.73. The summed E-state index contributed by atoms with van der Waals surface area (Å²) in [6, 6.07) is 1.74. The predicted molar refractivity (Wildman–Crippen MR) is 31.8 cm³/mol. The Morgan fingerprint density at radius 1 is 1.88 bits per heavy atom. The van der Waals surface area contributed by atoms with Gasteiger partial charge in [0, 0.05) is 5.38 Å². The fourth-order valence-corrected chi connectivity index (χ4v) is 0.825. The van der Waals surface area contributed by atoms with Gasteiger partial charge in [0.05, 0.1) is 0 Å². The van der Waals surface area contributed by atoms with Gasteiger partial charge in [0.25, 0.3) is 0 Å². The maximum Gasteiger partial charge on any atom is 0.212 e. The first kappa shape index (κ1) is 5.24. The quantitative estimate of drug-likeness (QED) is 0.596. The minimum atomic E-state index is 0.606. The van der Waals surface area contributed by atoms with E-state index in [0.29, 0.717) is 12.2 Å². The smallest absolute Gasteiger partial charge is 0.212 e. The largest absolute Gasteiger partial charge is 0.312 e. The fraction of sp³-hybridized carbons (Fsp3) is 0. The molecule has 0 bridgehead atoms. The second-order valence-corrected chi connectivity index (χ2v) is 1.81. The van der Waals surface area contributed by atoms with Gasteiger partial charge in [0.15, 0.2) is 0 Å². The first-order valence-electron chi connectivity index (χ1n) is 2.04. The molecule has 0 fully saturated rings. The highest BCUT2D eigenvalue weighted by Crippen LogP contribution is 2.02. The lowest BCUT2D eigenvalue weighted by Crippen LogP contribution is -1.91. The number of hydrogen-bond acceptors (Lipinski definition) is 3. The maximum atomic E-state index is 9.73. The van der Waals surface area contributed by atoms with E-state index >= 15 is 0 Å².